The Hall–Kier alpha value is -2.76. The number of rotatable bonds is 6. The van der Waals surface area contributed by atoms with Gasteiger partial charge >= 0.3 is 0 Å². The van der Waals surface area contributed by atoms with E-state index >= 15 is 0 Å². The summed E-state index contributed by atoms with van der Waals surface area (Å²) in [4.78, 5) is 12.4. The molecular formula is C21H22FN3O3S. The van der Waals surface area contributed by atoms with E-state index in [1.807, 2.05) is 6.07 Å². The van der Waals surface area contributed by atoms with Crippen molar-refractivity contribution in [3.8, 4) is 6.07 Å². The van der Waals surface area contributed by atoms with E-state index in [-0.39, 0.29) is 41.2 Å². The summed E-state index contributed by atoms with van der Waals surface area (Å²) in [6.07, 6.45) is 1.20. The zero-order chi connectivity index (χ0) is 20.9. The van der Waals surface area contributed by atoms with Gasteiger partial charge in [0, 0.05) is 25.6 Å². The van der Waals surface area contributed by atoms with Crippen molar-refractivity contribution in [1.82, 2.24) is 9.62 Å². The van der Waals surface area contributed by atoms with Crippen LogP contribution in [0, 0.1) is 23.1 Å². The van der Waals surface area contributed by atoms with Gasteiger partial charge in [-0.25, -0.2) is 12.8 Å². The summed E-state index contributed by atoms with van der Waals surface area (Å²) in [5, 5.41) is 12.0. The standard InChI is InChI=1S/C21H22FN3O3S/c22-19-7-3-1-5-16(19)9-12-24-21(26)17-10-13-25(14-11-17)29(27,28)20-8-4-2-6-18(20)15-23/h1-8,17H,9-14H2,(H,24,26). The van der Waals surface area contributed by atoms with Gasteiger partial charge in [0.2, 0.25) is 15.9 Å². The van der Waals surface area contributed by atoms with Gasteiger partial charge < -0.3 is 5.32 Å². The third kappa shape index (κ3) is 4.81. The predicted molar refractivity (Wildman–Crippen MR) is 106 cm³/mol. The number of piperidine rings is 1. The highest BCUT2D eigenvalue weighted by Gasteiger charge is 2.33. The van der Waals surface area contributed by atoms with E-state index in [9.17, 15) is 17.6 Å². The van der Waals surface area contributed by atoms with Crippen LogP contribution in [0.25, 0.3) is 0 Å². The van der Waals surface area contributed by atoms with Crippen molar-refractivity contribution in [3.63, 3.8) is 0 Å². The first-order valence-electron chi connectivity index (χ1n) is 9.44. The molecular weight excluding hydrogens is 393 g/mol. The van der Waals surface area contributed by atoms with E-state index in [1.54, 1.807) is 30.3 Å². The molecule has 0 saturated carbocycles. The van der Waals surface area contributed by atoms with E-state index in [0.29, 0.717) is 31.4 Å². The first-order valence-corrected chi connectivity index (χ1v) is 10.9. The highest BCUT2D eigenvalue weighted by atomic mass is 32.2. The Morgan fingerprint density at radius 1 is 1.14 bits per heavy atom. The Balaban J connectivity index is 1.54. The lowest BCUT2D eigenvalue weighted by Gasteiger charge is -2.30. The molecule has 152 valence electrons. The molecule has 1 aliphatic rings. The number of sulfonamides is 1. The summed E-state index contributed by atoms with van der Waals surface area (Å²) < 4.78 is 40.6. The molecule has 3 rings (SSSR count). The molecule has 0 aromatic heterocycles. The molecule has 0 aliphatic carbocycles. The van der Waals surface area contributed by atoms with Gasteiger partial charge in [0.05, 0.1) is 10.5 Å². The lowest BCUT2D eigenvalue weighted by atomic mass is 9.97. The minimum atomic E-state index is -3.77. The van der Waals surface area contributed by atoms with Crippen LogP contribution in [0.3, 0.4) is 0 Å². The predicted octanol–water partition coefficient (Wildman–Crippen LogP) is 2.46. The second-order valence-electron chi connectivity index (χ2n) is 6.92. The van der Waals surface area contributed by atoms with Crippen LogP contribution in [-0.4, -0.2) is 38.3 Å². The van der Waals surface area contributed by atoms with Crippen molar-refractivity contribution < 1.29 is 17.6 Å². The van der Waals surface area contributed by atoms with Crippen molar-refractivity contribution >= 4 is 15.9 Å². The van der Waals surface area contributed by atoms with E-state index in [1.165, 1.54) is 22.5 Å². The van der Waals surface area contributed by atoms with Crippen LogP contribution in [-0.2, 0) is 21.2 Å². The molecule has 0 unspecified atom stereocenters. The van der Waals surface area contributed by atoms with Gasteiger partial charge in [-0.05, 0) is 43.0 Å². The minimum Gasteiger partial charge on any atom is -0.356 e. The number of hydrogen-bond donors (Lipinski definition) is 1. The highest BCUT2D eigenvalue weighted by Crippen LogP contribution is 2.25. The molecule has 1 aliphatic heterocycles. The average molecular weight is 415 g/mol. The quantitative estimate of drug-likeness (QED) is 0.785. The number of nitriles is 1. The molecule has 1 amide bonds. The van der Waals surface area contributed by atoms with Crippen LogP contribution < -0.4 is 5.32 Å². The molecule has 1 saturated heterocycles. The second kappa shape index (κ2) is 9.16. The number of amides is 1. The fourth-order valence-corrected chi connectivity index (χ4v) is 5.06. The second-order valence-corrected chi connectivity index (χ2v) is 8.83. The number of nitrogens with zero attached hydrogens (tertiary/aromatic N) is 2. The van der Waals surface area contributed by atoms with Gasteiger partial charge in [-0.3, -0.25) is 4.79 Å². The third-order valence-electron chi connectivity index (χ3n) is 5.10. The number of carbonyl (C=O) groups is 1. The van der Waals surface area contributed by atoms with Crippen LogP contribution in [0.2, 0.25) is 0 Å². The molecule has 2 aromatic rings. The van der Waals surface area contributed by atoms with E-state index < -0.39 is 10.0 Å². The molecule has 8 heteroatoms. The van der Waals surface area contributed by atoms with Gasteiger partial charge in [0.25, 0.3) is 0 Å². The fourth-order valence-electron chi connectivity index (χ4n) is 3.45. The maximum absolute atomic E-state index is 13.6. The first-order chi connectivity index (χ1) is 13.9. The Morgan fingerprint density at radius 2 is 1.79 bits per heavy atom. The minimum absolute atomic E-state index is 0.00436. The summed E-state index contributed by atoms with van der Waals surface area (Å²) >= 11 is 0. The molecule has 0 radical (unpaired) electrons. The fraction of sp³-hybridized carbons (Fsp3) is 0.333. The molecule has 0 spiro atoms. The molecule has 6 nitrogen and oxygen atoms in total. The van der Waals surface area contributed by atoms with Gasteiger partial charge in [0.15, 0.2) is 0 Å². The summed E-state index contributed by atoms with van der Waals surface area (Å²) in [6, 6.07) is 14.5. The molecule has 0 atom stereocenters. The molecule has 1 N–H and O–H groups in total. The van der Waals surface area contributed by atoms with E-state index in [0.717, 1.165) is 0 Å². The molecule has 2 aromatic carbocycles. The number of carbonyl (C=O) groups excluding carboxylic acids is 1. The molecule has 0 bridgehead atoms. The Morgan fingerprint density at radius 3 is 2.48 bits per heavy atom. The maximum Gasteiger partial charge on any atom is 0.244 e. The van der Waals surface area contributed by atoms with Gasteiger partial charge in [0.1, 0.15) is 11.9 Å². The van der Waals surface area contributed by atoms with Crippen LogP contribution in [0.15, 0.2) is 53.4 Å². The SMILES string of the molecule is N#Cc1ccccc1S(=O)(=O)N1CCC(C(=O)NCCc2ccccc2F)CC1. The number of benzene rings is 2. The first kappa shape index (κ1) is 21.0. The molecule has 1 fully saturated rings. The van der Waals surface area contributed by atoms with Gasteiger partial charge in [-0.2, -0.15) is 9.57 Å². The van der Waals surface area contributed by atoms with Gasteiger partial charge in [-0.15, -0.1) is 0 Å². The van der Waals surface area contributed by atoms with Crippen LogP contribution in [0.5, 0.6) is 0 Å². The number of halogens is 1. The van der Waals surface area contributed by atoms with Crippen molar-refractivity contribution in [2.45, 2.75) is 24.2 Å². The topological polar surface area (TPSA) is 90.3 Å². The van der Waals surface area contributed by atoms with Crippen molar-refractivity contribution in [1.29, 1.82) is 5.26 Å². The Labute approximate surface area is 170 Å². The van der Waals surface area contributed by atoms with Crippen molar-refractivity contribution in [2.75, 3.05) is 19.6 Å². The summed E-state index contributed by atoms with van der Waals surface area (Å²) in [5.74, 6) is -0.720. The molecule has 29 heavy (non-hydrogen) atoms. The lowest BCUT2D eigenvalue weighted by molar-refractivity contribution is -0.126. The number of nitrogens with one attached hydrogen (secondary N) is 1. The zero-order valence-corrected chi connectivity index (χ0v) is 16.7. The van der Waals surface area contributed by atoms with E-state index in [2.05, 4.69) is 5.32 Å². The monoisotopic (exact) mass is 415 g/mol. The Kier molecular flexibility index (Phi) is 6.62. The maximum atomic E-state index is 13.6. The normalized spacial score (nSPS) is 15.6. The number of hydrogen-bond acceptors (Lipinski definition) is 4. The summed E-state index contributed by atoms with van der Waals surface area (Å²) in [7, 11) is -3.77. The van der Waals surface area contributed by atoms with Crippen LogP contribution in [0.1, 0.15) is 24.0 Å². The smallest absolute Gasteiger partial charge is 0.244 e. The van der Waals surface area contributed by atoms with Gasteiger partial charge in [-0.1, -0.05) is 30.3 Å². The highest BCUT2D eigenvalue weighted by molar-refractivity contribution is 7.89. The van der Waals surface area contributed by atoms with E-state index in [4.69, 9.17) is 5.26 Å². The summed E-state index contributed by atoms with van der Waals surface area (Å²) in [5.41, 5.74) is 0.658. The van der Waals surface area contributed by atoms with Crippen molar-refractivity contribution in [2.24, 2.45) is 5.92 Å². The molecule has 1 heterocycles. The third-order valence-corrected chi connectivity index (χ3v) is 7.06. The summed E-state index contributed by atoms with van der Waals surface area (Å²) in [6.45, 7) is 0.759. The zero-order valence-electron chi connectivity index (χ0n) is 15.8. The Bertz CT molecular complexity index is 1030. The van der Waals surface area contributed by atoms with Crippen molar-refractivity contribution in [3.05, 3.63) is 65.5 Å². The van der Waals surface area contributed by atoms with Crippen LogP contribution >= 0.6 is 0 Å². The lowest BCUT2D eigenvalue weighted by Crippen LogP contribution is -2.43. The van der Waals surface area contributed by atoms with Crippen LogP contribution in [0.4, 0.5) is 4.39 Å². The largest absolute Gasteiger partial charge is 0.356 e. The average Bonchev–Trinajstić information content (AvgIpc) is 2.75.